The Kier molecular flexibility index (Phi) is 2.87. The van der Waals surface area contributed by atoms with Gasteiger partial charge in [0.05, 0.1) is 5.71 Å². The average molecular weight is 229 g/mol. The van der Waals surface area contributed by atoms with Gasteiger partial charge in [-0.25, -0.2) is 0 Å². The Morgan fingerprint density at radius 2 is 1.76 bits per heavy atom. The van der Waals surface area contributed by atoms with E-state index in [0.717, 1.165) is 23.1 Å². The number of hydrogen-bond acceptors (Lipinski definition) is 2. The van der Waals surface area contributed by atoms with Crippen molar-refractivity contribution in [3.63, 3.8) is 0 Å². The van der Waals surface area contributed by atoms with Crippen molar-refractivity contribution in [1.82, 2.24) is 0 Å². The molecule has 3 aliphatic rings. The highest BCUT2D eigenvalue weighted by atomic mass is 16.4. The monoisotopic (exact) mass is 229 g/mol. The van der Waals surface area contributed by atoms with Gasteiger partial charge in [0.1, 0.15) is 0 Å². The first-order valence-corrected chi connectivity index (χ1v) is 6.66. The zero-order valence-corrected chi connectivity index (χ0v) is 10.0. The average Bonchev–Trinajstić information content (AvgIpc) is 2.42. The van der Waals surface area contributed by atoms with Crippen LogP contribution in [0, 0.1) is 17.8 Å². The molecule has 2 nitrogen and oxygen atoms in total. The summed E-state index contributed by atoms with van der Waals surface area (Å²) < 4.78 is 0. The van der Waals surface area contributed by atoms with Crippen molar-refractivity contribution in [3.05, 3.63) is 35.9 Å². The SMILES string of the molecule is ON=C(c1ccccc1)C1CC2CCC1CC2. The molecule has 1 atom stereocenters. The molecule has 1 aromatic carbocycles. The number of rotatable bonds is 2. The van der Waals surface area contributed by atoms with E-state index in [0.29, 0.717) is 5.92 Å². The van der Waals surface area contributed by atoms with Crippen molar-refractivity contribution < 1.29 is 5.21 Å². The van der Waals surface area contributed by atoms with Crippen LogP contribution in [0.3, 0.4) is 0 Å². The molecule has 3 aliphatic carbocycles. The maximum Gasteiger partial charge on any atom is 0.0901 e. The van der Waals surface area contributed by atoms with Crippen LogP contribution < -0.4 is 0 Å². The second kappa shape index (κ2) is 4.52. The van der Waals surface area contributed by atoms with Crippen LogP contribution in [0.1, 0.15) is 37.7 Å². The Bertz CT molecular complexity index is 404. The van der Waals surface area contributed by atoms with E-state index in [2.05, 4.69) is 17.3 Å². The zero-order valence-electron chi connectivity index (χ0n) is 10.0. The molecule has 1 N–H and O–H groups in total. The van der Waals surface area contributed by atoms with Crippen molar-refractivity contribution in [1.29, 1.82) is 0 Å². The standard InChI is InChI=1S/C15H19NO/c17-16-15(13-4-2-1-3-5-13)14-10-11-6-8-12(14)9-7-11/h1-5,11-12,14,17H,6-10H2. The van der Waals surface area contributed by atoms with Gasteiger partial charge in [-0.05, 0) is 36.7 Å². The number of hydrogen-bond donors (Lipinski definition) is 1. The summed E-state index contributed by atoms with van der Waals surface area (Å²) in [6.45, 7) is 0. The molecule has 1 unspecified atom stereocenters. The molecule has 17 heavy (non-hydrogen) atoms. The lowest BCUT2D eigenvalue weighted by atomic mass is 9.62. The first-order chi connectivity index (χ1) is 8.38. The van der Waals surface area contributed by atoms with Crippen LogP contribution in [0.5, 0.6) is 0 Å². The van der Waals surface area contributed by atoms with E-state index in [9.17, 15) is 5.21 Å². The smallest absolute Gasteiger partial charge is 0.0901 e. The quantitative estimate of drug-likeness (QED) is 0.468. The summed E-state index contributed by atoms with van der Waals surface area (Å²) in [5.41, 5.74) is 2.01. The minimum Gasteiger partial charge on any atom is -0.411 e. The lowest BCUT2D eigenvalue weighted by molar-refractivity contribution is 0.136. The molecule has 4 rings (SSSR count). The third-order valence-electron chi connectivity index (χ3n) is 4.58. The fourth-order valence-corrected chi connectivity index (χ4v) is 3.67. The molecule has 0 spiro atoms. The molecular weight excluding hydrogens is 210 g/mol. The molecule has 2 heteroatoms. The van der Waals surface area contributed by atoms with E-state index in [1.807, 2.05) is 18.2 Å². The van der Waals surface area contributed by atoms with Crippen molar-refractivity contribution in [2.75, 3.05) is 0 Å². The molecule has 0 radical (unpaired) electrons. The van der Waals surface area contributed by atoms with E-state index in [-0.39, 0.29) is 0 Å². The highest BCUT2D eigenvalue weighted by molar-refractivity contribution is 6.02. The first-order valence-electron chi connectivity index (χ1n) is 6.66. The first kappa shape index (κ1) is 10.8. The van der Waals surface area contributed by atoms with E-state index < -0.39 is 0 Å². The third-order valence-corrected chi connectivity index (χ3v) is 4.58. The summed E-state index contributed by atoms with van der Waals surface area (Å²) in [5, 5.41) is 13.0. The Labute approximate surface area is 102 Å². The topological polar surface area (TPSA) is 32.6 Å². The van der Waals surface area contributed by atoms with Crippen LogP contribution in [-0.4, -0.2) is 10.9 Å². The van der Waals surface area contributed by atoms with Gasteiger partial charge in [0, 0.05) is 5.92 Å². The van der Waals surface area contributed by atoms with Crippen LogP contribution in [0.2, 0.25) is 0 Å². The summed E-state index contributed by atoms with van der Waals surface area (Å²) in [5.74, 6) is 2.09. The molecule has 3 saturated carbocycles. The molecule has 1 aromatic rings. The lowest BCUT2D eigenvalue weighted by Gasteiger charge is -2.42. The molecular formula is C15H19NO. The summed E-state index contributed by atoms with van der Waals surface area (Å²) >= 11 is 0. The summed E-state index contributed by atoms with van der Waals surface area (Å²) in [6.07, 6.45) is 6.63. The van der Waals surface area contributed by atoms with Crippen LogP contribution in [0.15, 0.2) is 35.5 Å². The van der Waals surface area contributed by atoms with Gasteiger partial charge < -0.3 is 5.21 Å². The number of fused-ring (bicyclic) bond motifs is 3. The molecule has 0 saturated heterocycles. The minimum atomic E-state index is 0.481. The predicted octanol–water partition coefficient (Wildman–Crippen LogP) is 3.69. The van der Waals surface area contributed by atoms with Gasteiger partial charge in [-0.2, -0.15) is 0 Å². The van der Waals surface area contributed by atoms with Crippen LogP contribution in [0.4, 0.5) is 0 Å². The highest BCUT2D eigenvalue weighted by Crippen LogP contribution is 2.46. The second-order valence-electron chi connectivity index (χ2n) is 5.47. The van der Waals surface area contributed by atoms with Crippen molar-refractivity contribution in [2.45, 2.75) is 32.1 Å². The number of benzene rings is 1. The van der Waals surface area contributed by atoms with Crippen LogP contribution in [0.25, 0.3) is 0 Å². The maximum atomic E-state index is 9.35. The zero-order chi connectivity index (χ0) is 11.7. The van der Waals surface area contributed by atoms with Gasteiger partial charge in [-0.3, -0.25) is 0 Å². The summed E-state index contributed by atoms with van der Waals surface area (Å²) in [6, 6.07) is 10.1. The Morgan fingerprint density at radius 1 is 1.06 bits per heavy atom. The second-order valence-corrected chi connectivity index (χ2v) is 5.47. The Balaban J connectivity index is 1.87. The van der Waals surface area contributed by atoms with Gasteiger partial charge in [0.2, 0.25) is 0 Å². The number of oxime groups is 1. The van der Waals surface area contributed by atoms with E-state index >= 15 is 0 Å². The molecule has 3 fully saturated rings. The Hall–Kier alpha value is -1.31. The van der Waals surface area contributed by atoms with Gasteiger partial charge in [0.15, 0.2) is 0 Å². The fraction of sp³-hybridized carbons (Fsp3) is 0.533. The van der Waals surface area contributed by atoms with Gasteiger partial charge >= 0.3 is 0 Å². The normalized spacial score (nSPS) is 32.7. The highest BCUT2D eigenvalue weighted by Gasteiger charge is 2.38. The molecule has 0 amide bonds. The summed E-state index contributed by atoms with van der Waals surface area (Å²) in [4.78, 5) is 0. The van der Waals surface area contributed by atoms with Crippen molar-refractivity contribution in [2.24, 2.45) is 22.9 Å². The largest absolute Gasteiger partial charge is 0.411 e. The van der Waals surface area contributed by atoms with Crippen LogP contribution >= 0.6 is 0 Å². The van der Waals surface area contributed by atoms with Gasteiger partial charge in [-0.1, -0.05) is 48.3 Å². The molecule has 90 valence electrons. The summed E-state index contributed by atoms with van der Waals surface area (Å²) in [7, 11) is 0. The molecule has 2 bridgehead atoms. The van der Waals surface area contributed by atoms with Crippen molar-refractivity contribution in [3.8, 4) is 0 Å². The van der Waals surface area contributed by atoms with Gasteiger partial charge in [0.25, 0.3) is 0 Å². The van der Waals surface area contributed by atoms with E-state index in [1.54, 1.807) is 0 Å². The fourth-order valence-electron chi connectivity index (χ4n) is 3.67. The maximum absolute atomic E-state index is 9.35. The molecule has 0 aliphatic heterocycles. The number of nitrogens with zero attached hydrogens (tertiary/aromatic N) is 1. The minimum absolute atomic E-state index is 0.481. The molecule has 0 aromatic heterocycles. The van der Waals surface area contributed by atoms with Crippen molar-refractivity contribution >= 4 is 5.71 Å². The molecule has 0 heterocycles. The van der Waals surface area contributed by atoms with Gasteiger partial charge in [-0.15, -0.1) is 0 Å². The Morgan fingerprint density at radius 3 is 2.29 bits per heavy atom. The lowest BCUT2D eigenvalue weighted by Crippen LogP contribution is -2.36. The van der Waals surface area contributed by atoms with E-state index in [4.69, 9.17) is 0 Å². The predicted molar refractivity (Wildman–Crippen MR) is 68.3 cm³/mol. The van der Waals surface area contributed by atoms with Crippen LogP contribution in [-0.2, 0) is 0 Å². The third kappa shape index (κ3) is 1.97. The van der Waals surface area contributed by atoms with E-state index in [1.165, 1.54) is 32.1 Å².